The van der Waals surface area contributed by atoms with E-state index in [1.54, 1.807) is 0 Å². The molecule has 1 aliphatic heterocycles. The van der Waals surface area contributed by atoms with Crippen molar-refractivity contribution < 1.29 is 27.9 Å². The SMILES string of the molecule is CC(C)(C(=O)N1CCOC(CC(=O)O)C1)S(C)(=O)=O. The van der Waals surface area contributed by atoms with E-state index in [1.807, 2.05) is 0 Å². The summed E-state index contributed by atoms with van der Waals surface area (Å²) in [6.45, 7) is 3.29. The Hall–Kier alpha value is -1.15. The van der Waals surface area contributed by atoms with E-state index in [9.17, 15) is 18.0 Å². The number of hydrogen-bond donors (Lipinski definition) is 1. The van der Waals surface area contributed by atoms with Gasteiger partial charge in [0, 0.05) is 19.3 Å². The summed E-state index contributed by atoms with van der Waals surface area (Å²) in [5, 5.41) is 8.70. The van der Waals surface area contributed by atoms with E-state index < -0.39 is 32.6 Å². The summed E-state index contributed by atoms with van der Waals surface area (Å²) >= 11 is 0. The second kappa shape index (κ2) is 5.46. The maximum Gasteiger partial charge on any atom is 0.306 e. The van der Waals surface area contributed by atoms with Gasteiger partial charge in [0.15, 0.2) is 9.84 Å². The van der Waals surface area contributed by atoms with Gasteiger partial charge in [0.05, 0.1) is 19.1 Å². The Morgan fingerprint density at radius 2 is 2.00 bits per heavy atom. The van der Waals surface area contributed by atoms with Crippen LogP contribution < -0.4 is 0 Å². The molecule has 1 amide bonds. The van der Waals surface area contributed by atoms with Crippen LogP contribution in [0.15, 0.2) is 0 Å². The van der Waals surface area contributed by atoms with Crippen LogP contribution in [0, 0.1) is 0 Å². The molecule has 1 atom stereocenters. The van der Waals surface area contributed by atoms with Crippen molar-refractivity contribution in [3.05, 3.63) is 0 Å². The predicted octanol–water partition coefficient (Wildman–Crippen LogP) is -0.488. The van der Waals surface area contributed by atoms with E-state index in [0.29, 0.717) is 0 Å². The van der Waals surface area contributed by atoms with E-state index in [-0.39, 0.29) is 26.1 Å². The zero-order valence-electron chi connectivity index (χ0n) is 11.2. The van der Waals surface area contributed by atoms with Crippen molar-refractivity contribution in [2.45, 2.75) is 31.1 Å². The van der Waals surface area contributed by atoms with Crippen molar-refractivity contribution in [2.24, 2.45) is 0 Å². The molecule has 0 saturated carbocycles. The van der Waals surface area contributed by atoms with Crippen LogP contribution in [0.3, 0.4) is 0 Å². The van der Waals surface area contributed by atoms with Crippen molar-refractivity contribution in [3.8, 4) is 0 Å². The maximum absolute atomic E-state index is 12.2. The van der Waals surface area contributed by atoms with Gasteiger partial charge in [-0.05, 0) is 13.8 Å². The van der Waals surface area contributed by atoms with E-state index in [4.69, 9.17) is 9.84 Å². The normalized spacial score (nSPS) is 21.2. The number of hydrogen-bond acceptors (Lipinski definition) is 5. The van der Waals surface area contributed by atoms with Crippen LogP contribution in [0.25, 0.3) is 0 Å². The molecule has 1 unspecified atom stereocenters. The molecule has 19 heavy (non-hydrogen) atoms. The Kier molecular flexibility index (Phi) is 4.57. The Bertz CT molecular complexity index is 470. The fourth-order valence-electron chi connectivity index (χ4n) is 1.76. The number of carboxylic acids is 1. The van der Waals surface area contributed by atoms with Gasteiger partial charge in [-0.15, -0.1) is 0 Å². The highest BCUT2D eigenvalue weighted by Crippen LogP contribution is 2.21. The fourth-order valence-corrected chi connectivity index (χ4v) is 2.21. The Morgan fingerprint density at radius 1 is 1.42 bits per heavy atom. The maximum atomic E-state index is 12.2. The minimum Gasteiger partial charge on any atom is -0.481 e. The topological polar surface area (TPSA) is 101 Å². The molecule has 0 aromatic heterocycles. The van der Waals surface area contributed by atoms with Gasteiger partial charge in [-0.25, -0.2) is 8.42 Å². The lowest BCUT2D eigenvalue weighted by Gasteiger charge is -2.36. The summed E-state index contributed by atoms with van der Waals surface area (Å²) in [6, 6.07) is 0. The molecule has 1 aliphatic rings. The van der Waals surface area contributed by atoms with E-state index in [0.717, 1.165) is 6.26 Å². The third kappa shape index (κ3) is 3.66. The van der Waals surface area contributed by atoms with E-state index in [2.05, 4.69) is 0 Å². The average Bonchev–Trinajstić information content (AvgIpc) is 2.25. The zero-order valence-corrected chi connectivity index (χ0v) is 12.1. The first-order valence-corrected chi connectivity index (χ1v) is 7.77. The van der Waals surface area contributed by atoms with E-state index in [1.165, 1.54) is 18.7 Å². The molecule has 1 N–H and O–H groups in total. The molecular weight excluding hydrogens is 274 g/mol. The number of sulfone groups is 1. The summed E-state index contributed by atoms with van der Waals surface area (Å²) in [5.41, 5.74) is 0. The quantitative estimate of drug-likeness (QED) is 0.750. The number of carbonyl (C=O) groups is 2. The van der Waals surface area contributed by atoms with Crippen molar-refractivity contribution >= 4 is 21.7 Å². The number of aliphatic carboxylic acids is 1. The molecule has 0 spiro atoms. The molecule has 0 bridgehead atoms. The summed E-state index contributed by atoms with van der Waals surface area (Å²) in [7, 11) is -3.54. The van der Waals surface area contributed by atoms with Gasteiger partial charge >= 0.3 is 5.97 Å². The minimum atomic E-state index is -3.54. The summed E-state index contributed by atoms with van der Waals surface area (Å²) < 4.78 is 27.0. The van der Waals surface area contributed by atoms with Crippen LogP contribution in [0.4, 0.5) is 0 Å². The lowest BCUT2D eigenvalue weighted by Crippen LogP contribution is -2.55. The van der Waals surface area contributed by atoms with Crippen LogP contribution in [0.1, 0.15) is 20.3 Å². The van der Waals surface area contributed by atoms with Gasteiger partial charge in [0.25, 0.3) is 0 Å². The largest absolute Gasteiger partial charge is 0.481 e. The lowest BCUT2D eigenvalue weighted by atomic mass is 10.1. The number of carboxylic acid groups (broad SMARTS) is 1. The number of nitrogens with zero attached hydrogens (tertiary/aromatic N) is 1. The average molecular weight is 293 g/mol. The second-order valence-electron chi connectivity index (χ2n) is 5.12. The molecule has 1 saturated heterocycles. The zero-order chi connectivity index (χ0) is 14.8. The molecule has 0 aliphatic carbocycles. The Morgan fingerprint density at radius 3 is 2.47 bits per heavy atom. The van der Waals surface area contributed by atoms with Crippen molar-refractivity contribution in [1.29, 1.82) is 0 Å². The molecule has 1 fully saturated rings. The van der Waals surface area contributed by atoms with Gasteiger partial charge in [0.1, 0.15) is 4.75 Å². The smallest absolute Gasteiger partial charge is 0.306 e. The van der Waals surface area contributed by atoms with Crippen LogP contribution in [0.2, 0.25) is 0 Å². The molecule has 1 heterocycles. The van der Waals surface area contributed by atoms with Gasteiger partial charge in [-0.2, -0.15) is 0 Å². The molecule has 8 heteroatoms. The lowest BCUT2D eigenvalue weighted by molar-refractivity contribution is -0.148. The highest BCUT2D eigenvalue weighted by atomic mass is 32.2. The van der Waals surface area contributed by atoms with Gasteiger partial charge < -0.3 is 14.7 Å². The first-order valence-electron chi connectivity index (χ1n) is 5.88. The first kappa shape index (κ1) is 15.9. The number of carbonyl (C=O) groups excluding carboxylic acids is 1. The Labute approximate surface area is 112 Å². The standard InChI is InChI=1S/C11H19NO6S/c1-11(2,19(3,16)17)10(15)12-4-5-18-8(7-12)6-9(13)14/h8H,4-7H2,1-3H3,(H,13,14). The molecule has 7 nitrogen and oxygen atoms in total. The second-order valence-corrected chi connectivity index (χ2v) is 7.69. The summed E-state index contributed by atoms with van der Waals surface area (Å²) in [4.78, 5) is 24.2. The molecule has 110 valence electrons. The highest BCUT2D eigenvalue weighted by Gasteiger charge is 2.42. The third-order valence-electron chi connectivity index (χ3n) is 3.27. The predicted molar refractivity (Wildman–Crippen MR) is 67.5 cm³/mol. The van der Waals surface area contributed by atoms with Crippen LogP contribution in [-0.4, -0.2) is 67.1 Å². The molecular formula is C11H19NO6S. The van der Waals surface area contributed by atoms with E-state index >= 15 is 0 Å². The highest BCUT2D eigenvalue weighted by molar-refractivity contribution is 7.92. The van der Waals surface area contributed by atoms with Gasteiger partial charge in [-0.3, -0.25) is 9.59 Å². The molecule has 0 aromatic carbocycles. The van der Waals surface area contributed by atoms with Crippen LogP contribution >= 0.6 is 0 Å². The summed E-state index contributed by atoms with van der Waals surface area (Å²) in [5.74, 6) is -1.53. The van der Waals surface area contributed by atoms with Crippen molar-refractivity contribution in [2.75, 3.05) is 26.0 Å². The number of morpholine rings is 1. The third-order valence-corrected chi connectivity index (χ3v) is 5.30. The molecule has 1 rings (SSSR count). The molecule has 0 aromatic rings. The first-order chi connectivity index (χ1) is 8.55. The number of ether oxygens (including phenoxy) is 1. The van der Waals surface area contributed by atoms with Crippen molar-refractivity contribution in [3.63, 3.8) is 0 Å². The Balaban J connectivity index is 2.80. The van der Waals surface area contributed by atoms with Crippen LogP contribution in [-0.2, 0) is 24.2 Å². The number of amides is 1. The summed E-state index contributed by atoms with van der Waals surface area (Å²) in [6.07, 6.45) is 0.217. The van der Waals surface area contributed by atoms with Crippen LogP contribution in [0.5, 0.6) is 0 Å². The van der Waals surface area contributed by atoms with Crippen molar-refractivity contribution in [1.82, 2.24) is 4.90 Å². The van der Waals surface area contributed by atoms with Gasteiger partial charge in [0.2, 0.25) is 5.91 Å². The minimum absolute atomic E-state index is 0.101. The fraction of sp³-hybridized carbons (Fsp3) is 0.818. The number of rotatable bonds is 4. The molecule has 0 radical (unpaired) electrons. The van der Waals surface area contributed by atoms with Gasteiger partial charge in [-0.1, -0.05) is 0 Å². The monoisotopic (exact) mass is 293 g/mol.